The number of anilines is 1. The molecule has 2 aliphatic rings. The van der Waals surface area contributed by atoms with Gasteiger partial charge in [0, 0.05) is 31.3 Å². The predicted octanol–water partition coefficient (Wildman–Crippen LogP) is 3.04. The Morgan fingerprint density at radius 1 is 1.21 bits per heavy atom. The van der Waals surface area contributed by atoms with Crippen LogP contribution in [0.25, 0.3) is 0 Å². The van der Waals surface area contributed by atoms with Gasteiger partial charge >= 0.3 is 0 Å². The Morgan fingerprint density at radius 2 is 1.97 bits per heavy atom. The average Bonchev–Trinajstić information content (AvgIpc) is 3.14. The lowest BCUT2D eigenvalue weighted by molar-refractivity contribution is -0.117. The largest absolute Gasteiger partial charge is 0.487 e. The molecule has 0 radical (unpaired) electrons. The molecule has 1 unspecified atom stereocenters. The lowest BCUT2D eigenvalue weighted by Crippen LogP contribution is -2.48. The molecule has 6 heteroatoms. The molecule has 0 saturated carbocycles. The SMILES string of the molecule is CN=C(NCC(=O)N1CCc2ccccc21)NC1CC(C)(C)Oc2ccccc21. The van der Waals surface area contributed by atoms with Gasteiger partial charge in [0.25, 0.3) is 0 Å². The molecule has 4 rings (SSSR count). The molecule has 0 bridgehead atoms. The number of fused-ring (bicyclic) bond motifs is 2. The molecule has 2 heterocycles. The van der Waals surface area contributed by atoms with Crippen molar-refractivity contribution in [3.63, 3.8) is 0 Å². The highest BCUT2D eigenvalue weighted by atomic mass is 16.5. The van der Waals surface area contributed by atoms with Crippen LogP contribution in [0.1, 0.15) is 37.4 Å². The second-order valence-corrected chi connectivity index (χ2v) is 8.15. The van der Waals surface area contributed by atoms with Gasteiger partial charge < -0.3 is 20.3 Å². The minimum absolute atomic E-state index is 0.0469. The Kier molecular flexibility index (Phi) is 5.18. The van der Waals surface area contributed by atoms with E-state index in [1.165, 1.54) is 5.56 Å². The van der Waals surface area contributed by atoms with Crippen molar-refractivity contribution in [3.05, 3.63) is 59.7 Å². The molecule has 2 aromatic rings. The van der Waals surface area contributed by atoms with Gasteiger partial charge in [-0.3, -0.25) is 9.79 Å². The van der Waals surface area contributed by atoms with Gasteiger partial charge in [0.05, 0.1) is 12.6 Å². The van der Waals surface area contributed by atoms with Crippen LogP contribution in [0.15, 0.2) is 53.5 Å². The van der Waals surface area contributed by atoms with E-state index in [2.05, 4.69) is 41.6 Å². The number of para-hydroxylation sites is 2. The van der Waals surface area contributed by atoms with Crippen molar-refractivity contribution < 1.29 is 9.53 Å². The molecule has 2 aromatic carbocycles. The first-order valence-electron chi connectivity index (χ1n) is 10.1. The third-order valence-corrected chi connectivity index (χ3v) is 5.51. The van der Waals surface area contributed by atoms with Crippen LogP contribution in [-0.4, -0.2) is 37.6 Å². The third kappa shape index (κ3) is 4.06. The number of aliphatic imine (C=N–C) groups is 1. The normalized spacial score (nSPS) is 19.8. The Balaban J connectivity index is 1.41. The number of hydrogen-bond donors (Lipinski definition) is 2. The van der Waals surface area contributed by atoms with Crippen LogP contribution in [0.4, 0.5) is 5.69 Å². The minimum atomic E-state index is -0.278. The van der Waals surface area contributed by atoms with Gasteiger partial charge in [-0.15, -0.1) is 0 Å². The Morgan fingerprint density at radius 3 is 2.79 bits per heavy atom. The summed E-state index contributed by atoms with van der Waals surface area (Å²) in [6.45, 7) is 5.10. The third-order valence-electron chi connectivity index (χ3n) is 5.51. The van der Waals surface area contributed by atoms with Crippen molar-refractivity contribution in [2.75, 3.05) is 25.0 Å². The quantitative estimate of drug-likeness (QED) is 0.622. The van der Waals surface area contributed by atoms with Crippen molar-refractivity contribution in [1.29, 1.82) is 0 Å². The Bertz CT molecular complexity index is 938. The van der Waals surface area contributed by atoms with Gasteiger partial charge in [-0.1, -0.05) is 36.4 Å². The van der Waals surface area contributed by atoms with E-state index in [1.54, 1.807) is 7.05 Å². The topological polar surface area (TPSA) is 66.0 Å². The van der Waals surface area contributed by atoms with Gasteiger partial charge in [0.15, 0.2) is 5.96 Å². The van der Waals surface area contributed by atoms with E-state index < -0.39 is 0 Å². The predicted molar refractivity (Wildman–Crippen MR) is 116 cm³/mol. The van der Waals surface area contributed by atoms with Crippen molar-refractivity contribution in [2.24, 2.45) is 4.99 Å². The molecule has 0 aromatic heterocycles. The molecule has 1 amide bonds. The molecule has 0 saturated heterocycles. The van der Waals surface area contributed by atoms with Crippen LogP contribution in [0.5, 0.6) is 5.75 Å². The van der Waals surface area contributed by atoms with Crippen LogP contribution < -0.4 is 20.3 Å². The van der Waals surface area contributed by atoms with E-state index in [-0.39, 0.29) is 24.1 Å². The van der Waals surface area contributed by atoms with Crippen molar-refractivity contribution in [3.8, 4) is 5.75 Å². The highest BCUT2D eigenvalue weighted by Crippen LogP contribution is 2.39. The summed E-state index contributed by atoms with van der Waals surface area (Å²) >= 11 is 0. The summed E-state index contributed by atoms with van der Waals surface area (Å²) in [6, 6.07) is 16.2. The number of rotatable bonds is 3. The lowest BCUT2D eigenvalue weighted by atomic mass is 9.90. The number of nitrogens with zero attached hydrogens (tertiary/aromatic N) is 2. The van der Waals surface area contributed by atoms with Crippen LogP contribution in [-0.2, 0) is 11.2 Å². The van der Waals surface area contributed by atoms with Crippen molar-refractivity contribution >= 4 is 17.6 Å². The molecule has 2 N–H and O–H groups in total. The van der Waals surface area contributed by atoms with Gasteiger partial charge in [-0.25, -0.2) is 0 Å². The second-order valence-electron chi connectivity index (χ2n) is 8.15. The maximum absolute atomic E-state index is 12.8. The summed E-state index contributed by atoms with van der Waals surface area (Å²) in [5.41, 5.74) is 3.07. The molecule has 0 fully saturated rings. The first-order chi connectivity index (χ1) is 14.0. The number of guanidine groups is 1. The summed E-state index contributed by atoms with van der Waals surface area (Å²) < 4.78 is 6.10. The summed E-state index contributed by atoms with van der Waals surface area (Å²) in [6.07, 6.45) is 1.71. The standard InChI is InChI=1S/C23H28N4O2/c1-23(2)14-18(17-9-5-7-11-20(17)29-23)26-22(24-3)25-15-21(28)27-13-12-16-8-4-6-10-19(16)27/h4-11,18H,12-15H2,1-3H3,(H2,24,25,26). The molecule has 1 atom stereocenters. The molecular weight excluding hydrogens is 364 g/mol. The van der Waals surface area contributed by atoms with E-state index in [0.29, 0.717) is 5.96 Å². The van der Waals surface area contributed by atoms with Crippen LogP contribution >= 0.6 is 0 Å². The molecule has 29 heavy (non-hydrogen) atoms. The number of carbonyl (C=O) groups is 1. The highest BCUT2D eigenvalue weighted by Gasteiger charge is 2.34. The maximum atomic E-state index is 12.8. The smallest absolute Gasteiger partial charge is 0.246 e. The summed E-state index contributed by atoms with van der Waals surface area (Å²) in [5.74, 6) is 1.55. The number of nitrogens with one attached hydrogen (secondary N) is 2. The monoisotopic (exact) mass is 392 g/mol. The molecule has 0 spiro atoms. The zero-order chi connectivity index (χ0) is 20.4. The van der Waals surface area contributed by atoms with Gasteiger partial charge in [0.1, 0.15) is 11.4 Å². The molecule has 2 aliphatic heterocycles. The highest BCUT2D eigenvalue weighted by molar-refractivity contribution is 5.98. The maximum Gasteiger partial charge on any atom is 0.246 e. The molecule has 0 aliphatic carbocycles. The number of amides is 1. The number of carbonyl (C=O) groups excluding carboxylic acids is 1. The summed E-state index contributed by atoms with van der Waals surface area (Å²) in [5, 5.41) is 6.66. The molecule has 152 valence electrons. The second kappa shape index (κ2) is 7.78. The van der Waals surface area contributed by atoms with E-state index >= 15 is 0 Å². The number of benzene rings is 2. The van der Waals surface area contributed by atoms with Gasteiger partial charge in [0.2, 0.25) is 5.91 Å². The number of ether oxygens (including phenoxy) is 1. The average molecular weight is 393 g/mol. The van der Waals surface area contributed by atoms with E-state index in [4.69, 9.17) is 4.74 Å². The van der Waals surface area contributed by atoms with Crippen LogP contribution in [0, 0.1) is 0 Å². The molecular formula is C23H28N4O2. The first-order valence-corrected chi connectivity index (χ1v) is 10.1. The van der Waals surface area contributed by atoms with Gasteiger partial charge in [-0.05, 0) is 38.0 Å². The Labute approximate surface area is 172 Å². The fourth-order valence-corrected chi connectivity index (χ4v) is 4.14. The zero-order valence-electron chi connectivity index (χ0n) is 17.2. The van der Waals surface area contributed by atoms with Gasteiger partial charge in [-0.2, -0.15) is 0 Å². The van der Waals surface area contributed by atoms with Crippen LogP contribution in [0.3, 0.4) is 0 Å². The van der Waals surface area contributed by atoms with E-state index in [0.717, 1.165) is 36.4 Å². The molecule has 6 nitrogen and oxygen atoms in total. The van der Waals surface area contributed by atoms with E-state index in [9.17, 15) is 4.79 Å². The zero-order valence-corrected chi connectivity index (χ0v) is 17.2. The fourth-order valence-electron chi connectivity index (χ4n) is 4.14. The van der Waals surface area contributed by atoms with Crippen LogP contribution in [0.2, 0.25) is 0 Å². The van der Waals surface area contributed by atoms with Crippen molar-refractivity contribution in [2.45, 2.75) is 38.3 Å². The lowest BCUT2D eigenvalue weighted by Gasteiger charge is -2.38. The van der Waals surface area contributed by atoms with Crippen molar-refractivity contribution in [1.82, 2.24) is 10.6 Å². The number of hydrogen-bond acceptors (Lipinski definition) is 3. The van der Waals surface area contributed by atoms with E-state index in [1.807, 2.05) is 41.3 Å². The minimum Gasteiger partial charge on any atom is -0.487 e. The Hall–Kier alpha value is -3.02. The summed E-state index contributed by atoms with van der Waals surface area (Å²) in [4.78, 5) is 19.0. The fraction of sp³-hybridized carbons (Fsp3) is 0.391. The first kappa shape index (κ1) is 19.3. The summed E-state index contributed by atoms with van der Waals surface area (Å²) in [7, 11) is 1.72.